The molecule has 0 aliphatic rings. The molecule has 0 atom stereocenters. The normalized spacial score (nSPS) is 10.7. The Morgan fingerprint density at radius 2 is 2.21 bits per heavy atom. The van der Waals surface area contributed by atoms with E-state index in [1.807, 2.05) is 25.1 Å². The van der Waals surface area contributed by atoms with Gasteiger partial charge in [-0.2, -0.15) is 5.26 Å². The molecule has 0 spiro atoms. The summed E-state index contributed by atoms with van der Waals surface area (Å²) in [5.74, 6) is 0. The molecule has 0 bridgehead atoms. The van der Waals surface area contributed by atoms with E-state index in [2.05, 4.69) is 28.2 Å². The maximum absolute atomic E-state index is 8.87. The van der Waals surface area contributed by atoms with E-state index in [-0.39, 0.29) is 0 Å². The highest BCUT2D eigenvalue weighted by Crippen LogP contribution is 2.17. The van der Waals surface area contributed by atoms with E-state index in [0.717, 1.165) is 38.2 Å². The molecule has 0 unspecified atom stereocenters. The average Bonchev–Trinajstić information content (AvgIpc) is 2.85. The third-order valence-corrected chi connectivity index (χ3v) is 3.06. The quantitative estimate of drug-likeness (QED) is 0.773. The highest BCUT2D eigenvalue weighted by Gasteiger charge is 2.01. The summed E-state index contributed by atoms with van der Waals surface area (Å²) < 4.78 is 7.47. The Morgan fingerprint density at radius 3 is 3.00 bits per heavy atom. The largest absolute Gasteiger partial charge is 0.380 e. The van der Waals surface area contributed by atoms with Crippen molar-refractivity contribution in [3.63, 3.8) is 0 Å². The van der Waals surface area contributed by atoms with E-state index in [4.69, 9.17) is 10.00 Å². The van der Waals surface area contributed by atoms with Crippen molar-refractivity contribution < 1.29 is 4.74 Å². The predicted octanol–water partition coefficient (Wildman–Crippen LogP) is 2.14. The number of nitrogens with one attached hydrogen (secondary N) is 1. The number of rotatable bonds is 7. The summed E-state index contributed by atoms with van der Waals surface area (Å²) in [5.41, 5.74) is 1.88. The number of aromatic nitrogens is 1. The average molecular weight is 257 g/mol. The number of benzene rings is 1. The van der Waals surface area contributed by atoms with Crippen LogP contribution in [-0.2, 0) is 11.3 Å². The topological polar surface area (TPSA) is 50.0 Å². The van der Waals surface area contributed by atoms with Crippen molar-refractivity contribution in [3.8, 4) is 6.07 Å². The Kier molecular flexibility index (Phi) is 4.96. The molecule has 2 aromatic rings. The van der Waals surface area contributed by atoms with Crippen LogP contribution in [0.1, 0.15) is 12.5 Å². The van der Waals surface area contributed by atoms with Gasteiger partial charge in [-0.3, -0.25) is 0 Å². The minimum atomic E-state index is 0.708. The number of nitriles is 1. The van der Waals surface area contributed by atoms with Gasteiger partial charge in [-0.05, 0) is 31.2 Å². The van der Waals surface area contributed by atoms with Crippen molar-refractivity contribution >= 4 is 10.9 Å². The summed E-state index contributed by atoms with van der Waals surface area (Å²) in [6, 6.07) is 10.0. The SMILES string of the molecule is CCOCCNCCn1ccc2cc(C#N)ccc21. The molecule has 4 nitrogen and oxygen atoms in total. The number of nitrogens with zero attached hydrogens (tertiary/aromatic N) is 2. The van der Waals surface area contributed by atoms with E-state index >= 15 is 0 Å². The standard InChI is InChI=1S/C15H19N3O/c1-2-19-10-7-17-6-9-18-8-5-14-11-13(12-16)3-4-15(14)18/h3-5,8,11,17H,2,6-7,9-10H2,1H3. The number of fused-ring (bicyclic) bond motifs is 1. The molecule has 1 N–H and O–H groups in total. The van der Waals surface area contributed by atoms with Crippen LogP contribution in [0.5, 0.6) is 0 Å². The summed E-state index contributed by atoms with van der Waals surface area (Å²) in [4.78, 5) is 0. The van der Waals surface area contributed by atoms with Crippen molar-refractivity contribution in [3.05, 3.63) is 36.0 Å². The van der Waals surface area contributed by atoms with Gasteiger partial charge in [0.05, 0.1) is 18.2 Å². The third-order valence-electron chi connectivity index (χ3n) is 3.06. The minimum absolute atomic E-state index is 0.708. The fraction of sp³-hybridized carbons (Fsp3) is 0.400. The lowest BCUT2D eigenvalue weighted by Gasteiger charge is -2.07. The van der Waals surface area contributed by atoms with Crippen molar-refractivity contribution in [1.29, 1.82) is 5.26 Å². The highest BCUT2D eigenvalue weighted by atomic mass is 16.5. The zero-order valence-electron chi connectivity index (χ0n) is 11.2. The lowest BCUT2D eigenvalue weighted by Crippen LogP contribution is -2.23. The molecule has 19 heavy (non-hydrogen) atoms. The number of hydrogen-bond acceptors (Lipinski definition) is 3. The molecule has 0 saturated heterocycles. The van der Waals surface area contributed by atoms with Crippen LogP contribution in [0.2, 0.25) is 0 Å². The van der Waals surface area contributed by atoms with Crippen LogP contribution in [0.4, 0.5) is 0 Å². The molecule has 0 amide bonds. The lowest BCUT2D eigenvalue weighted by atomic mass is 10.2. The molecule has 0 saturated carbocycles. The summed E-state index contributed by atoms with van der Waals surface area (Å²) in [6.07, 6.45) is 2.07. The summed E-state index contributed by atoms with van der Waals surface area (Å²) in [6.45, 7) is 6.24. The molecule has 0 aliphatic heterocycles. The molecule has 4 heteroatoms. The molecule has 0 fully saturated rings. The van der Waals surface area contributed by atoms with Gasteiger partial charge in [0.25, 0.3) is 0 Å². The minimum Gasteiger partial charge on any atom is -0.380 e. The molecule has 1 aromatic carbocycles. The van der Waals surface area contributed by atoms with Gasteiger partial charge in [0.15, 0.2) is 0 Å². The Balaban J connectivity index is 1.89. The van der Waals surface area contributed by atoms with Crippen molar-refractivity contribution in [2.75, 3.05) is 26.3 Å². The number of hydrogen-bond donors (Lipinski definition) is 1. The van der Waals surface area contributed by atoms with Gasteiger partial charge in [-0.25, -0.2) is 0 Å². The van der Waals surface area contributed by atoms with Gasteiger partial charge < -0.3 is 14.6 Å². The van der Waals surface area contributed by atoms with Gasteiger partial charge in [0.2, 0.25) is 0 Å². The first-order valence-electron chi connectivity index (χ1n) is 6.62. The molecule has 0 aliphatic carbocycles. The fourth-order valence-corrected chi connectivity index (χ4v) is 2.08. The molecule has 100 valence electrons. The Hall–Kier alpha value is -1.83. The van der Waals surface area contributed by atoms with Gasteiger partial charge in [-0.1, -0.05) is 0 Å². The van der Waals surface area contributed by atoms with Crippen molar-refractivity contribution in [2.45, 2.75) is 13.5 Å². The Morgan fingerprint density at radius 1 is 1.32 bits per heavy atom. The maximum atomic E-state index is 8.87. The van der Waals surface area contributed by atoms with Gasteiger partial charge in [-0.15, -0.1) is 0 Å². The van der Waals surface area contributed by atoms with Crippen LogP contribution in [0.15, 0.2) is 30.5 Å². The first-order chi connectivity index (χ1) is 9.35. The van der Waals surface area contributed by atoms with Gasteiger partial charge >= 0.3 is 0 Å². The van der Waals surface area contributed by atoms with Crippen molar-refractivity contribution in [1.82, 2.24) is 9.88 Å². The first-order valence-corrected chi connectivity index (χ1v) is 6.62. The van der Waals surface area contributed by atoms with Crippen LogP contribution in [0, 0.1) is 11.3 Å². The van der Waals surface area contributed by atoms with E-state index in [1.54, 1.807) is 0 Å². The molecular weight excluding hydrogens is 238 g/mol. The van der Waals surface area contributed by atoms with Crippen LogP contribution in [0.3, 0.4) is 0 Å². The van der Waals surface area contributed by atoms with Crippen LogP contribution in [-0.4, -0.2) is 30.9 Å². The van der Waals surface area contributed by atoms with Crippen LogP contribution in [0.25, 0.3) is 10.9 Å². The summed E-state index contributed by atoms with van der Waals surface area (Å²) in [7, 11) is 0. The second-order valence-electron chi connectivity index (χ2n) is 4.34. The second kappa shape index (κ2) is 6.93. The first kappa shape index (κ1) is 13.6. The van der Waals surface area contributed by atoms with Gasteiger partial charge in [0.1, 0.15) is 0 Å². The third kappa shape index (κ3) is 3.57. The molecule has 2 rings (SSSR count). The maximum Gasteiger partial charge on any atom is 0.0991 e. The Bertz CT molecular complexity index is 568. The summed E-state index contributed by atoms with van der Waals surface area (Å²) in [5, 5.41) is 13.3. The second-order valence-corrected chi connectivity index (χ2v) is 4.34. The molecular formula is C15H19N3O. The zero-order valence-corrected chi connectivity index (χ0v) is 11.2. The lowest BCUT2D eigenvalue weighted by molar-refractivity contribution is 0.149. The Labute approximate surface area is 113 Å². The van der Waals surface area contributed by atoms with E-state index in [9.17, 15) is 0 Å². The fourth-order valence-electron chi connectivity index (χ4n) is 2.08. The summed E-state index contributed by atoms with van der Waals surface area (Å²) >= 11 is 0. The molecule has 1 heterocycles. The smallest absolute Gasteiger partial charge is 0.0991 e. The van der Waals surface area contributed by atoms with E-state index < -0.39 is 0 Å². The van der Waals surface area contributed by atoms with Crippen LogP contribution >= 0.6 is 0 Å². The number of ether oxygens (including phenoxy) is 1. The highest BCUT2D eigenvalue weighted by molar-refractivity contribution is 5.81. The predicted molar refractivity (Wildman–Crippen MR) is 76.0 cm³/mol. The van der Waals surface area contributed by atoms with Gasteiger partial charge in [0, 0.05) is 43.3 Å². The van der Waals surface area contributed by atoms with E-state index in [0.29, 0.717) is 5.56 Å². The molecule has 1 aromatic heterocycles. The van der Waals surface area contributed by atoms with Crippen molar-refractivity contribution in [2.24, 2.45) is 0 Å². The molecule has 0 radical (unpaired) electrons. The zero-order chi connectivity index (χ0) is 13.5. The van der Waals surface area contributed by atoms with E-state index in [1.165, 1.54) is 5.52 Å². The monoisotopic (exact) mass is 257 g/mol. The van der Waals surface area contributed by atoms with Crippen LogP contribution < -0.4 is 5.32 Å².